The van der Waals surface area contributed by atoms with Crippen molar-refractivity contribution in [3.05, 3.63) is 46.5 Å². The van der Waals surface area contributed by atoms with Crippen LogP contribution in [0.1, 0.15) is 0 Å². The van der Waals surface area contributed by atoms with Gasteiger partial charge in [0.2, 0.25) is 0 Å². The number of rotatable bonds is 2. The monoisotopic (exact) mass is 204 g/mol. The molecule has 0 bridgehead atoms. The third-order valence-electron chi connectivity index (χ3n) is 2.29. The van der Waals surface area contributed by atoms with Gasteiger partial charge in [0.15, 0.2) is 0 Å². The van der Waals surface area contributed by atoms with Crippen LogP contribution in [0.15, 0.2) is 36.4 Å². The van der Waals surface area contributed by atoms with E-state index >= 15 is 0 Å². The van der Waals surface area contributed by atoms with Crippen LogP contribution in [0.3, 0.4) is 0 Å². The first kappa shape index (κ1) is 9.42. The predicted molar refractivity (Wildman–Crippen MR) is 57.1 cm³/mol. The maximum Gasteiger partial charge on any atom is 0.277 e. The lowest BCUT2D eigenvalue weighted by Crippen LogP contribution is -2.56. The average molecular weight is 204 g/mol. The molecule has 0 unspecified atom stereocenters. The first-order valence-electron chi connectivity index (χ1n) is 4.43. The zero-order chi connectivity index (χ0) is 10.8. The Morgan fingerprint density at radius 2 is 1.80 bits per heavy atom. The van der Waals surface area contributed by atoms with Gasteiger partial charge in [-0.15, -0.1) is 0 Å². The van der Waals surface area contributed by atoms with Gasteiger partial charge in [0.1, 0.15) is 0 Å². The SMILES string of the molecule is [NH3+]Nc1ccc([N+](=O)[O-])c2ccccc12. The number of fused-ring (bicyclic) bond motifs is 1. The number of hydrogen-bond donors (Lipinski definition) is 2. The number of nitrogens with one attached hydrogen (secondary N) is 1. The van der Waals surface area contributed by atoms with E-state index in [0.717, 1.165) is 11.1 Å². The van der Waals surface area contributed by atoms with Crippen LogP contribution in [0.25, 0.3) is 10.8 Å². The Bertz CT molecular complexity index is 525. The van der Waals surface area contributed by atoms with Crippen molar-refractivity contribution in [3.63, 3.8) is 0 Å². The van der Waals surface area contributed by atoms with Gasteiger partial charge >= 0.3 is 0 Å². The van der Waals surface area contributed by atoms with Crippen molar-refractivity contribution in [3.8, 4) is 0 Å². The molecular formula is C10H10N3O2+. The summed E-state index contributed by atoms with van der Waals surface area (Å²) in [5.74, 6) is 3.56. The highest BCUT2D eigenvalue weighted by Gasteiger charge is 2.13. The maximum absolute atomic E-state index is 10.8. The largest absolute Gasteiger partial charge is 0.277 e. The summed E-state index contributed by atoms with van der Waals surface area (Å²) in [6, 6.07) is 10.3. The highest BCUT2D eigenvalue weighted by Crippen LogP contribution is 2.30. The second kappa shape index (κ2) is 3.55. The smallest absolute Gasteiger partial charge is 0.258 e. The summed E-state index contributed by atoms with van der Waals surface area (Å²) >= 11 is 0. The Balaban J connectivity index is 2.83. The molecule has 0 heterocycles. The van der Waals surface area contributed by atoms with E-state index in [1.165, 1.54) is 6.07 Å². The lowest BCUT2D eigenvalue weighted by Gasteiger charge is -2.03. The molecular weight excluding hydrogens is 194 g/mol. The normalized spacial score (nSPS) is 10.2. The third kappa shape index (κ3) is 1.49. The van der Waals surface area contributed by atoms with Gasteiger partial charge < -0.3 is 0 Å². The van der Waals surface area contributed by atoms with E-state index in [1.54, 1.807) is 18.2 Å². The molecule has 15 heavy (non-hydrogen) atoms. The second-order valence-corrected chi connectivity index (χ2v) is 3.11. The summed E-state index contributed by atoms with van der Waals surface area (Å²) in [5, 5.41) is 12.2. The molecule has 0 atom stereocenters. The molecule has 0 saturated carbocycles. The van der Waals surface area contributed by atoms with E-state index in [4.69, 9.17) is 0 Å². The van der Waals surface area contributed by atoms with E-state index in [0.29, 0.717) is 5.39 Å². The average Bonchev–Trinajstić information content (AvgIpc) is 2.27. The molecule has 5 nitrogen and oxygen atoms in total. The number of nitro groups is 1. The van der Waals surface area contributed by atoms with E-state index in [2.05, 4.69) is 11.3 Å². The minimum absolute atomic E-state index is 0.115. The molecule has 2 aromatic rings. The molecule has 0 spiro atoms. The number of nitro benzene ring substituents is 1. The van der Waals surface area contributed by atoms with Crippen LogP contribution in [0.4, 0.5) is 11.4 Å². The fourth-order valence-electron chi connectivity index (χ4n) is 1.60. The molecule has 2 rings (SSSR count). The first-order valence-corrected chi connectivity index (χ1v) is 4.43. The number of anilines is 1. The van der Waals surface area contributed by atoms with Crippen molar-refractivity contribution in [2.75, 3.05) is 5.43 Å². The Labute approximate surface area is 85.6 Å². The van der Waals surface area contributed by atoms with Crippen LogP contribution in [0.5, 0.6) is 0 Å². The minimum Gasteiger partial charge on any atom is -0.258 e. The topological polar surface area (TPSA) is 82.8 Å². The van der Waals surface area contributed by atoms with E-state index in [1.807, 2.05) is 12.1 Å². The summed E-state index contributed by atoms with van der Waals surface area (Å²) in [7, 11) is 0. The summed E-state index contributed by atoms with van der Waals surface area (Å²) in [5.41, 5.74) is 3.67. The number of nitrogens with zero attached hydrogens (tertiary/aromatic N) is 1. The molecule has 2 aromatic carbocycles. The fourth-order valence-corrected chi connectivity index (χ4v) is 1.60. The molecule has 76 valence electrons. The zero-order valence-corrected chi connectivity index (χ0v) is 7.93. The van der Waals surface area contributed by atoms with Crippen LogP contribution >= 0.6 is 0 Å². The Morgan fingerprint density at radius 1 is 1.13 bits per heavy atom. The van der Waals surface area contributed by atoms with Crippen molar-refractivity contribution in [1.29, 1.82) is 0 Å². The predicted octanol–water partition coefficient (Wildman–Crippen LogP) is 1.32. The van der Waals surface area contributed by atoms with Crippen molar-refractivity contribution in [2.45, 2.75) is 0 Å². The summed E-state index contributed by atoms with van der Waals surface area (Å²) in [6.45, 7) is 0. The number of hydrogen-bond acceptors (Lipinski definition) is 3. The van der Waals surface area contributed by atoms with Gasteiger partial charge in [0, 0.05) is 11.5 Å². The Morgan fingerprint density at radius 3 is 2.40 bits per heavy atom. The quantitative estimate of drug-likeness (QED) is 0.571. The van der Waals surface area contributed by atoms with Crippen LogP contribution in [-0.2, 0) is 0 Å². The maximum atomic E-state index is 10.8. The summed E-state index contributed by atoms with van der Waals surface area (Å²) in [4.78, 5) is 10.4. The Kier molecular flexibility index (Phi) is 2.23. The molecule has 4 N–H and O–H groups in total. The lowest BCUT2D eigenvalue weighted by atomic mass is 10.1. The van der Waals surface area contributed by atoms with Gasteiger partial charge in [-0.05, 0) is 12.1 Å². The van der Waals surface area contributed by atoms with Gasteiger partial charge in [0.05, 0.1) is 16.0 Å². The third-order valence-corrected chi connectivity index (χ3v) is 2.29. The molecule has 0 fully saturated rings. The van der Waals surface area contributed by atoms with Crippen LogP contribution < -0.4 is 11.3 Å². The van der Waals surface area contributed by atoms with E-state index in [9.17, 15) is 10.1 Å². The minimum atomic E-state index is -0.380. The van der Waals surface area contributed by atoms with Crippen molar-refractivity contribution in [1.82, 2.24) is 0 Å². The second-order valence-electron chi connectivity index (χ2n) is 3.11. The zero-order valence-electron chi connectivity index (χ0n) is 7.93. The molecule has 0 aromatic heterocycles. The molecule has 5 heteroatoms. The highest BCUT2D eigenvalue weighted by molar-refractivity contribution is 5.99. The van der Waals surface area contributed by atoms with E-state index < -0.39 is 0 Å². The lowest BCUT2D eigenvalue weighted by molar-refractivity contribution is -0.383. The van der Waals surface area contributed by atoms with Gasteiger partial charge in [0.25, 0.3) is 5.69 Å². The summed E-state index contributed by atoms with van der Waals surface area (Å²) < 4.78 is 0. The van der Waals surface area contributed by atoms with Gasteiger partial charge in [-0.25, -0.2) is 5.43 Å². The van der Waals surface area contributed by atoms with Crippen molar-refractivity contribution >= 4 is 22.1 Å². The summed E-state index contributed by atoms with van der Waals surface area (Å²) in [6.07, 6.45) is 0. The van der Waals surface area contributed by atoms with Crippen LogP contribution in [0.2, 0.25) is 0 Å². The highest BCUT2D eigenvalue weighted by atomic mass is 16.6. The molecule has 0 amide bonds. The number of benzene rings is 2. The Hall–Kier alpha value is -2.14. The standard InChI is InChI=1S/C10H9N3O2/c11-12-9-5-6-10(13(14)15)8-4-2-1-3-7(8)9/h1-6,12H,11H2/p+1. The molecule has 0 aliphatic carbocycles. The van der Waals surface area contributed by atoms with Gasteiger partial charge in [-0.3, -0.25) is 16.0 Å². The molecule has 0 aliphatic heterocycles. The van der Waals surface area contributed by atoms with Crippen LogP contribution in [0, 0.1) is 10.1 Å². The van der Waals surface area contributed by atoms with Crippen molar-refractivity contribution < 1.29 is 10.8 Å². The van der Waals surface area contributed by atoms with Crippen molar-refractivity contribution in [2.24, 2.45) is 0 Å². The first-order chi connectivity index (χ1) is 7.24. The fraction of sp³-hybridized carbons (Fsp3) is 0. The molecule has 0 aliphatic rings. The molecule has 0 radical (unpaired) electrons. The van der Waals surface area contributed by atoms with E-state index in [-0.39, 0.29) is 10.6 Å². The van der Waals surface area contributed by atoms with Gasteiger partial charge in [-0.2, -0.15) is 0 Å². The molecule has 0 saturated heterocycles. The van der Waals surface area contributed by atoms with Gasteiger partial charge in [-0.1, -0.05) is 18.2 Å². The van der Waals surface area contributed by atoms with Crippen LogP contribution in [-0.4, -0.2) is 4.92 Å². The number of non-ortho nitro benzene ring substituents is 1. The number of quaternary nitrogens is 1.